The molecule has 1 aliphatic heterocycles. The summed E-state index contributed by atoms with van der Waals surface area (Å²) in [4.78, 5) is 28.5. The number of benzene rings is 2. The van der Waals surface area contributed by atoms with Crippen LogP contribution in [0.25, 0.3) is 6.08 Å². The number of hydrogen-bond donors (Lipinski definition) is 1. The maximum Gasteiger partial charge on any atom is 0.260 e. The van der Waals surface area contributed by atoms with Crippen molar-refractivity contribution >= 4 is 29.7 Å². The van der Waals surface area contributed by atoms with E-state index in [1.54, 1.807) is 26.0 Å². The lowest BCUT2D eigenvalue weighted by Gasteiger charge is -2.44. The van der Waals surface area contributed by atoms with Crippen LogP contribution in [-0.2, 0) is 16.0 Å². The number of nitrogens with one attached hydrogen (secondary N) is 1. The van der Waals surface area contributed by atoms with Gasteiger partial charge in [0, 0.05) is 30.8 Å². The number of methoxy groups -OCH3 is 2. The Kier molecular flexibility index (Phi) is 7.83. The number of ether oxygens (including phenoxy) is 2. The van der Waals surface area contributed by atoms with Crippen LogP contribution in [0.2, 0.25) is 0 Å². The summed E-state index contributed by atoms with van der Waals surface area (Å²) in [6, 6.07) is 15.9. The number of thioether (sulfide) groups is 1. The average molecular weight is 481 g/mol. The smallest absolute Gasteiger partial charge is 0.260 e. The van der Waals surface area contributed by atoms with Crippen LogP contribution in [0.3, 0.4) is 0 Å². The van der Waals surface area contributed by atoms with E-state index in [1.807, 2.05) is 54.4 Å². The first kappa shape index (κ1) is 24.2. The monoisotopic (exact) mass is 480 g/mol. The second-order valence-corrected chi connectivity index (χ2v) is 10.1. The van der Waals surface area contributed by atoms with Crippen LogP contribution in [0.5, 0.6) is 11.5 Å². The highest BCUT2D eigenvalue weighted by molar-refractivity contribution is 8.04. The molecule has 2 fully saturated rings. The van der Waals surface area contributed by atoms with Crippen molar-refractivity contribution in [3.8, 4) is 11.5 Å². The molecule has 1 heterocycles. The molecule has 0 spiro atoms. The lowest BCUT2D eigenvalue weighted by molar-refractivity contribution is -0.131. The average Bonchev–Trinajstić information content (AvgIpc) is 2.87. The first-order chi connectivity index (χ1) is 16.5. The topological polar surface area (TPSA) is 67.9 Å². The fourth-order valence-electron chi connectivity index (χ4n) is 4.75. The van der Waals surface area contributed by atoms with Gasteiger partial charge in [0.15, 0.2) is 11.5 Å². The number of nitrogens with zero attached hydrogens (tertiary/aromatic N) is 1. The highest BCUT2D eigenvalue weighted by Gasteiger charge is 2.42. The molecule has 1 saturated heterocycles. The molecule has 0 aromatic heterocycles. The van der Waals surface area contributed by atoms with Crippen LogP contribution < -0.4 is 14.8 Å². The van der Waals surface area contributed by atoms with Gasteiger partial charge < -0.3 is 19.7 Å². The van der Waals surface area contributed by atoms with Crippen LogP contribution in [0.1, 0.15) is 30.4 Å². The van der Waals surface area contributed by atoms with Crippen LogP contribution in [0.4, 0.5) is 0 Å². The van der Waals surface area contributed by atoms with E-state index in [4.69, 9.17) is 9.47 Å². The third-order valence-electron chi connectivity index (χ3n) is 6.69. The van der Waals surface area contributed by atoms with E-state index >= 15 is 0 Å². The number of carbonyl (C=O) groups excluding carboxylic acids is 2. The molecule has 4 rings (SSSR count). The third-order valence-corrected chi connectivity index (χ3v) is 8.09. The van der Waals surface area contributed by atoms with Gasteiger partial charge in [-0.1, -0.05) is 36.4 Å². The lowest BCUT2D eigenvalue weighted by Crippen LogP contribution is -2.52. The van der Waals surface area contributed by atoms with E-state index in [0.717, 1.165) is 29.7 Å². The van der Waals surface area contributed by atoms with E-state index in [0.29, 0.717) is 29.7 Å². The van der Waals surface area contributed by atoms with Crippen molar-refractivity contribution in [3.63, 3.8) is 0 Å². The standard InChI is InChI=1S/C27H32N2O4S/c1-29-21-17-20(26(30)28-14-13-18-7-5-4-6-8-18)10-12-24(21)34-25(27(29)31)16-19-9-11-22(32-2)23(15-19)33-3/h4-9,11,15-16,20-21,24H,10,12-14,17H2,1-3H3,(H,28,30)/b25-16-. The molecule has 2 amide bonds. The molecule has 1 saturated carbocycles. The van der Waals surface area contributed by atoms with Gasteiger partial charge >= 0.3 is 0 Å². The van der Waals surface area contributed by atoms with Gasteiger partial charge in [0.25, 0.3) is 5.91 Å². The predicted octanol–water partition coefficient (Wildman–Crippen LogP) is 4.15. The first-order valence-electron chi connectivity index (χ1n) is 11.7. The van der Waals surface area contributed by atoms with E-state index in [9.17, 15) is 9.59 Å². The Morgan fingerprint density at radius 1 is 1.12 bits per heavy atom. The second-order valence-electron chi connectivity index (χ2n) is 8.80. The number of amides is 2. The Balaban J connectivity index is 1.37. The maximum absolute atomic E-state index is 13.1. The number of likely N-dealkylation sites (N-methyl/N-ethyl adjacent to an activating group) is 1. The molecule has 3 unspecified atom stereocenters. The Morgan fingerprint density at radius 3 is 2.62 bits per heavy atom. The summed E-state index contributed by atoms with van der Waals surface area (Å²) >= 11 is 1.64. The lowest BCUT2D eigenvalue weighted by atomic mass is 9.83. The third kappa shape index (κ3) is 5.41. The van der Waals surface area contributed by atoms with Gasteiger partial charge in [-0.15, -0.1) is 11.8 Å². The molecule has 1 aliphatic carbocycles. The van der Waals surface area contributed by atoms with E-state index in [1.165, 1.54) is 5.56 Å². The van der Waals surface area contributed by atoms with Gasteiger partial charge in [0.1, 0.15) is 0 Å². The zero-order valence-electron chi connectivity index (χ0n) is 20.0. The van der Waals surface area contributed by atoms with Gasteiger partial charge in [-0.3, -0.25) is 9.59 Å². The van der Waals surface area contributed by atoms with Gasteiger partial charge in [0.05, 0.1) is 19.1 Å². The molecule has 3 atom stereocenters. The fraction of sp³-hybridized carbons (Fsp3) is 0.407. The molecule has 6 nitrogen and oxygen atoms in total. The Morgan fingerprint density at radius 2 is 1.88 bits per heavy atom. The Hall–Kier alpha value is -2.93. The van der Waals surface area contributed by atoms with Gasteiger partial charge in [-0.05, 0) is 55.0 Å². The zero-order valence-corrected chi connectivity index (χ0v) is 20.8. The first-order valence-corrected chi connectivity index (χ1v) is 12.6. The minimum atomic E-state index is -0.0516. The van der Waals surface area contributed by atoms with Crippen LogP contribution in [0.15, 0.2) is 53.4 Å². The van der Waals surface area contributed by atoms with Crippen molar-refractivity contribution in [2.45, 2.75) is 37.0 Å². The van der Waals surface area contributed by atoms with Crippen molar-refractivity contribution in [1.82, 2.24) is 10.2 Å². The van der Waals surface area contributed by atoms with Crippen LogP contribution in [0, 0.1) is 5.92 Å². The van der Waals surface area contributed by atoms with Crippen molar-refractivity contribution in [2.75, 3.05) is 27.8 Å². The molecule has 2 aromatic rings. The molecule has 2 aromatic carbocycles. The molecular formula is C27H32N2O4S. The molecule has 0 radical (unpaired) electrons. The minimum absolute atomic E-state index is 0.00571. The van der Waals surface area contributed by atoms with Gasteiger partial charge in [-0.25, -0.2) is 0 Å². The van der Waals surface area contributed by atoms with Gasteiger partial charge in [0.2, 0.25) is 5.91 Å². The molecule has 2 aliphatic rings. The highest BCUT2D eigenvalue weighted by Crippen LogP contribution is 2.43. The van der Waals surface area contributed by atoms with E-state index in [2.05, 4.69) is 17.4 Å². The molecule has 1 N–H and O–H groups in total. The molecular weight excluding hydrogens is 448 g/mol. The molecule has 180 valence electrons. The van der Waals surface area contributed by atoms with E-state index in [-0.39, 0.29) is 23.8 Å². The fourth-order valence-corrected chi connectivity index (χ4v) is 6.23. The van der Waals surface area contributed by atoms with Crippen molar-refractivity contribution in [3.05, 3.63) is 64.6 Å². The second kappa shape index (κ2) is 11.0. The molecule has 0 bridgehead atoms. The summed E-state index contributed by atoms with van der Waals surface area (Å²) in [5, 5.41) is 3.40. The number of carbonyl (C=O) groups is 2. The van der Waals surface area contributed by atoms with Crippen molar-refractivity contribution in [2.24, 2.45) is 5.92 Å². The predicted molar refractivity (Wildman–Crippen MR) is 136 cm³/mol. The van der Waals surface area contributed by atoms with E-state index < -0.39 is 0 Å². The normalized spacial score (nSPS) is 23.4. The minimum Gasteiger partial charge on any atom is -0.493 e. The van der Waals surface area contributed by atoms with Crippen LogP contribution >= 0.6 is 11.8 Å². The maximum atomic E-state index is 13.1. The summed E-state index contributed by atoms with van der Waals surface area (Å²) in [6.07, 6.45) is 5.21. The number of rotatable bonds is 7. The summed E-state index contributed by atoms with van der Waals surface area (Å²) in [7, 11) is 5.06. The number of fused-ring (bicyclic) bond motifs is 1. The molecule has 7 heteroatoms. The molecule has 34 heavy (non-hydrogen) atoms. The highest BCUT2D eigenvalue weighted by atomic mass is 32.2. The quantitative estimate of drug-likeness (QED) is 0.603. The van der Waals surface area contributed by atoms with Gasteiger partial charge in [-0.2, -0.15) is 0 Å². The van der Waals surface area contributed by atoms with Crippen molar-refractivity contribution < 1.29 is 19.1 Å². The van der Waals surface area contributed by atoms with Crippen LogP contribution in [-0.4, -0.2) is 55.8 Å². The Labute approximate surface area is 205 Å². The number of hydrogen-bond acceptors (Lipinski definition) is 5. The Bertz CT molecular complexity index is 1060. The summed E-state index contributed by atoms with van der Waals surface area (Å²) in [5.41, 5.74) is 2.11. The zero-order chi connectivity index (χ0) is 24.1. The van der Waals surface area contributed by atoms with Crippen molar-refractivity contribution in [1.29, 1.82) is 0 Å². The summed E-state index contributed by atoms with van der Waals surface area (Å²) in [6.45, 7) is 0.634. The summed E-state index contributed by atoms with van der Waals surface area (Å²) < 4.78 is 10.7. The SMILES string of the molecule is COc1ccc(/C=C2\SC3CCC(C(=O)NCCc4ccccc4)CC3N(C)C2=O)cc1OC. The summed E-state index contributed by atoms with van der Waals surface area (Å²) in [5.74, 6) is 1.35. The largest absolute Gasteiger partial charge is 0.493 e.